The van der Waals surface area contributed by atoms with Gasteiger partial charge >= 0.3 is 6.09 Å². The Bertz CT molecular complexity index is 294. The van der Waals surface area contributed by atoms with Crippen LogP contribution in [-0.2, 0) is 4.74 Å². The van der Waals surface area contributed by atoms with Crippen molar-refractivity contribution in [2.45, 2.75) is 83.6 Å². The van der Waals surface area contributed by atoms with Gasteiger partial charge in [-0.25, -0.2) is 4.79 Å². The molecule has 1 aliphatic rings. The van der Waals surface area contributed by atoms with E-state index in [0.29, 0.717) is 6.04 Å². The monoisotopic (exact) mass is 286 g/mol. The van der Waals surface area contributed by atoms with E-state index in [1.807, 2.05) is 27.7 Å². The third kappa shape index (κ3) is 7.10. The van der Waals surface area contributed by atoms with E-state index < -0.39 is 5.60 Å². The normalized spacial score (nSPS) is 25.1. The Morgan fingerprint density at radius 3 is 2.40 bits per heavy atom. The van der Waals surface area contributed by atoms with Gasteiger partial charge in [-0.2, -0.15) is 0 Å². The first-order chi connectivity index (χ1) is 9.30. The Hall–Kier alpha value is -0.810. The van der Waals surface area contributed by atoms with Crippen LogP contribution in [0.25, 0.3) is 0 Å². The summed E-state index contributed by atoms with van der Waals surface area (Å²) in [6, 6.07) is 0.532. The van der Waals surface area contributed by atoms with Gasteiger partial charge in [0, 0.05) is 18.6 Å². The number of ether oxygens (including phenoxy) is 1. The van der Waals surface area contributed by atoms with Crippen molar-refractivity contribution in [1.82, 2.24) is 10.6 Å². The molecule has 0 aromatic carbocycles. The van der Waals surface area contributed by atoms with Gasteiger partial charge in [-0.05, 0) is 52.9 Å². The highest BCUT2D eigenvalue weighted by Crippen LogP contribution is 2.18. The number of carbonyl (C=O) groups is 1. The average molecular weight is 286 g/mol. The zero-order chi connectivity index (χ0) is 15.2. The van der Waals surface area contributed by atoms with Crippen LogP contribution in [0.3, 0.4) is 0 Å². The summed E-state index contributed by atoms with van der Waals surface area (Å²) in [5, 5.41) is 15.9. The molecule has 118 valence electrons. The van der Waals surface area contributed by atoms with E-state index in [9.17, 15) is 9.90 Å². The summed E-state index contributed by atoms with van der Waals surface area (Å²) in [6.45, 7) is 8.38. The molecule has 0 aromatic rings. The zero-order valence-electron chi connectivity index (χ0n) is 13.2. The van der Waals surface area contributed by atoms with Crippen LogP contribution >= 0.6 is 0 Å². The molecule has 1 amide bonds. The van der Waals surface area contributed by atoms with Gasteiger partial charge in [-0.15, -0.1) is 0 Å². The lowest BCUT2D eigenvalue weighted by Crippen LogP contribution is -2.47. The van der Waals surface area contributed by atoms with Gasteiger partial charge in [-0.3, -0.25) is 0 Å². The maximum Gasteiger partial charge on any atom is 0.407 e. The van der Waals surface area contributed by atoms with Crippen LogP contribution in [0.4, 0.5) is 4.79 Å². The van der Waals surface area contributed by atoms with Crippen LogP contribution in [0, 0.1) is 0 Å². The first-order valence-corrected chi connectivity index (χ1v) is 7.71. The summed E-state index contributed by atoms with van der Waals surface area (Å²) in [6.07, 6.45) is 4.12. The molecule has 0 bridgehead atoms. The summed E-state index contributed by atoms with van der Waals surface area (Å²) in [7, 11) is 0. The van der Waals surface area contributed by atoms with Crippen LogP contribution < -0.4 is 10.6 Å². The second-order valence-corrected chi connectivity index (χ2v) is 6.67. The van der Waals surface area contributed by atoms with E-state index in [1.54, 1.807) is 0 Å². The molecule has 5 heteroatoms. The molecule has 1 unspecified atom stereocenters. The van der Waals surface area contributed by atoms with Gasteiger partial charge in [0.1, 0.15) is 5.60 Å². The predicted molar refractivity (Wildman–Crippen MR) is 79.7 cm³/mol. The van der Waals surface area contributed by atoms with Crippen molar-refractivity contribution >= 4 is 6.09 Å². The molecular weight excluding hydrogens is 256 g/mol. The Morgan fingerprint density at radius 1 is 1.30 bits per heavy atom. The number of amides is 1. The molecule has 0 aliphatic heterocycles. The minimum Gasteiger partial charge on any atom is -0.444 e. The number of carbonyl (C=O) groups excluding carboxylic acids is 1. The van der Waals surface area contributed by atoms with Gasteiger partial charge in [-0.1, -0.05) is 6.92 Å². The van der Waals surface area contributed by atoms with Gasteiger partial charge in [0.05, 0.1) is 6.10 Å². The predicted octanol–water partition coefficient (Wildman–Crippen LogP) is 2.18. The van der Waals surface area contributed by atoms with Gasteiger partial charge in [0.2, 0.25) is 0 Å². The lowest BCUT2D eigenvalue weighted by molar-refractivity contribution is 0.0500. The molecule has 20 heavy (non-hydrogen) atoms. The fourth-order valence-electron chi connectivity index (χ4n) is 2.36. The minimum absolute atomic E-state index is 0.0803. The van der Waals surface area contributed by atoms with Crippen molar-refractivity contribution < 1.29 is 14.6 Å². The van der Waals surface area contributed by atoms with E-state index in [-0.39, 0.29) is 18.2 Å². The lowest BCUT2D eigenvalue weighted by atomic mass is 9.93. The highest BCUT2D eigenvalue weighted by atomic mass is 16.6. The quantitative estimate of drug-likeness (QED) is 0.724. The summed E-state index contributed by atoms with van der Waals surface area (Å²) in [5.41, 5.74) is -0.463. The lowest BCUT2D eigenvalue weighted by Gasteiger charge is -2.28. The summed E-state index contributed by atoms with van der Waals surface area (Å²) in [4.78, 5) is 11.7. The third-order valence-corrected chi connectivity index (χ3v) is 3.56. The molecule has 5 nitrogen and oxygen atoms in total. The number of rotatable bonds is 5. The molecule has 1 atom stereocenters. The largest absolute Gasteiger partial charge is 0.444 e. The molecular formula is C15H30N2O3. The molecule has 0 heterocycles. The molecule has 1 fully saturated rings. The van der Waals surface area contributed by atoms with E-state index in [1.165, 1.54) is 0 Å². The first kappa shape index (κ1) is 17.2. The van der Waals surface area contributed by atoms with Crippen LogP contribution in [0.2, 0.25) is 0 Å². The fourth-order valence-corrected chi connectivity index (χ4v) is 2.36. The third-order valence-electron chi connectivity index (χ3n) is 3.56. The van der Waals surface area contributed by atoms with Crippen molar-refractivity contribution in [3.63, 3.8) is 0 Å². The minimum atomic E-state index is -0.463. The Morgan fingerprint density at radius 2 is 1.90 bits per heavy atom. The SMILES string of the molecule is CCC(CNC1CCC(O)CC1)NC(=O)OC(C)(C)C. The standard InChI is InChI=1S/C15H30N2O3/c1-5-11(17-14(19)20-15(2,3)4)10-16-12-6-8-13(18)9-7-12/h11-13,16,18H,5-10H2,1-4H3,(H,17,19). The fraction of sp³-hybridized carbons (Fsp3) is 0.933. The summed E-state index contributed by atoms with van der Waals surface area (Å²) < 4.78 is 5.27. The smallest absolute Gasteiger partial charge is 0.407 e. The van der Waals surface area contributed by atoms with Crippen molar-refractivity contribution in [1.29, 1.82) is 0 Å². The Kier molecular flexibility index (Phi) is 6.76. The second-order valence-electron chi connectivity index (χ2n) is 6.67. The van der Waals surface area contributed by atoms with E-state index in [2.05, 4.69) is 10.6 Å². The number of aliphatic hydroxyl groups excluding tert-OH is 1. The summed E-state index contributed by atoms with van der Waals surface area (Å²) >= 11 is 0. The maximum atomic E-state index is 11.7. The molecule has 0 aromatic heterocycles. The molecule has 0 spiro atoms. The molecule has 1 rings (SSSR count). The zero-order valence-corrected chi connectivity index (χ0v) is 13.2. The molecule has 1 aliphatic carbocycles. The molecule has 0 radical (unpaired) electrons. The highest BCUT2D eigenvalue weighted by molar-refractivity contribution is 5.68. The van der Waals surface area contributed by atoms with E-state index in [4.69, 9.17) is 4.74 Å². The van der Waals surface area contributed by atoms with Crippen molar-refractivity contribution in [2.75, 3.05) is 6.54 Å². The average Bonchev–Trinajstić information content (AvgIpc) is 2.34. The van der Waals surface area contributed by atoms with Crippen molar-refractivity contribution in [3.05, 3.63) is 0 Å². The molecule has 3 N–H and O–H groups in total. The van der Waals surface area contributed by atoms with Gasteiger partial charge < -0.3 is 20.5 Å². The van der Waals surface area contributed by atoms with Crippen LogP contribution in [0.1, 0.15) is 59.8 Å². The number of nitrogens with one attached hydrogen (secondary N) is 2. The molecule has 1 saturated carbocycles. The number of alkyl carbamates (subject to hydrolysis) is 1. The highest BCUT2D eigenvalue weighted by Gasteiger charge is 2.21. The maximum absolute atomic E-state index is 11.7. The summed E-state index contributed by atoms with van der Waals surface area (Å²) in [5.74, 6) is 0. The van der Waals surface area contributed by atoms with E-state index >= 15 is 0 Å². The Balaban J connectivity index is 2.27. The van der Waals surface area contributed by atoms with E-state index in [0.717, 1.165) is 38.6 Å². The second kappa shape index (κ2) is 7.84. The van der Waals surface area contributed by atoms with Crippen LogP contribution in [0.15, 0.2) is 0 Å². The van der Waals surface area contributed by atoms with Crippen molar-refractivity contribution in [3.8, 4) is 0 Å². The van der Waals surface area contributed by atoms with Crippen molar-refractivity contribution in [2.24, 2.45) is 0 Å². The van der Waals surface area contributed by atoms with Gasteiger partial charge in [0.15, 0.2) is 0 Å². The van der Waals surface area contributed by atoms with Crippen LogP contribution in [-0.4, -0.2) is 41.5 Å². The first-order valence-electron chi connectivity index (χ1n) is 7.71. The number of hydrogen-bond donors (Lipinski definition) is 3. The van der Waals surface area contributed by atoms with Crippen LogP contribution in [0.5, 0.6) is 0 Å². The number of hydrogen-bond acceptors (Lipinski definition) is 4. The molecule has 0 saturated heterocycles. The Labute approximate surface area is 122 Å². The topological polar surface area (TPSA) is 70.6 Å². The number of aliphatic hydroxyl groups is 1. The van der Waals surface area contributed by atoms with Gasteiger partial charge in [0.25, 0.3) is 0 Å².